The molecule has 0 saturated carbocycles. The average Bonchev–Trinajstić information content (AvgIpc) is 3.13. The number of aliphatic hydroxyl groups excluding tert-OH is 1. The van der Waals surface area contributed by atoms with Gasteiger partial charge in [0.2, 0.25) is 0 Å². The first-order valence-electron chi connectivity index (χ1n) is 10.5. The number of aliphatic hydroxyl groups is 1. The van der Waals surface area contributed by atoms with Crippen molar-refractivity contribution < 1.29 is 9.90 Å². The van der Waals surface area contributed by atoms with Crippen molar-refractivity contribution in [2.75, 3.05) is 12.4 Å². The van der Waals surface area contributed by atoms with Gasteiger partial charge in [0.25, 0.3) is 0 Å². The van der Waals surface area contributed by atoms with Crippen molar-refractivity contribution >= 4 is 23.6 Å². The minimum atomic E-state index is 0.0321. The molecule has 0 bridgehead atoms. The number of hydrogen-bond donors (Lipinski definition) is 1. The molecule has 0 spiro atoms. The van der Waals surface area contributed by atoms with Gasteiger partial charge in [-0.15, -0.1) is 11.8 Å². The van der Waals surface area contributed by atoms with Gasteiger partial charge in [-0.25, -0.2) is 4.98 Å². The summed E-state index contributed by atoms with van der Waals surface area (Å²) in [6, 6.07) is 7.79. The van der Waals surface area contributed by atoms with Gasteiger partial charge in [-0.05, 0) is 35.5 Å². The van der Waals surface area contributed by atoms with Crippen LogP contribution < -0.4 is 0 Å². The molecule has 1 N–H and O–H groups in total. The third-order valence-corrected chi connectivity index (χ3v) is 6.17. The quantitative estimate of drug-likeness (QED) is 0.519. The summed E-state index contributed by atoms with van der Waals surface area (Å²) in [5.41, 5.74) is 3.86. The van der Waals surface area contributed by atoms with E-state index in [0.717, 1.165) is 59.7 Å². The van der Waals surface area contributed by atoms with E-state index in [4.69, 9.17) is 0 Å². The summed E-state index contributed by atoms with van der Waals surface area (Å²) >= 11 is 1.82. The second-order valence-electron chi connectivity index (χ2n) is 7.55. The predicted octanol–water partition coefficient (Wildman–Crippen LogP) is 5.43. The molecule has 0 amide bonds. The number of rotatable bonds is 10. The van der Waals surface area contributed by atoms with Gasteiger partial charge in [0.05, 0.1) is 18.5 Å². The molecule has 1 aliphatic heterocycles. The van der Waals surface area contributed by atoms with Crippen LogP contribution in [0.15, 0.2) is 59.2 Å². The number of aromatic nitrogens is 2. The van der Waals surface area contributed by atoms with E-state index in [1.54, 1.807) is 6.92 Å². The Morgan fingerprint density at radius 3 is 2.73 bits per heavy atom. The van der Waals surface area contributed by atoms with Gasteiger partial charge in [-0.1, -0.05) is 55.8 Å². The molecule has 30 heavy (non-hydrogen) atoms. The van der Waals surface area contributed by atoms with Gasteiger partial charge in [0.15, 0.2) is 5.78 Å². The smallest absolute Gasteiger partial charge is 0.159 e. The highest BCUT2D eigenvalue weighted by atomic mass is 32.2. The van der Waals surface area contributed by atoms with Crippen LogP contribution in [0.2, 0.25) is 0 Å². The van der Waals surface area contributed by atoms with E-state index in [0.29, 0.717) is 6.54 Å². The van der Waals surface area contributed by atoms with Gasteiger partial charge >= 0.3 is 0 Å². The Balaban J connectivity index is 1.87. The van der Waals surface area contributed by atoms with E-state index in [9.17, 15) is 9.90 Å². The Bertz CT molecular complexity index is 952. The van der Waals surface area contributed by atoms with Crippen molar-refractivity contribution in [1.29, 1.82) is 0 Å². The standard InChI is InChI=1S/C25H30N2O2S/c1-3-4-8-25-26-16-23(14-21(18-28)15-24-7-5-6-13-30-24)27(25)17-20-9-11-22(12-10-20)19(2)29/h5-7,9-12,14,16,28H,3-4,8,13,15,17-18H2,1-2H3/b21-14+. The lowest BCUT2D eigenvalue weighted by molar-refractivity contribution is 0.101. The molecule has 1 aliphatic rings. The zero-order valence-corrected chi connectivity index (χ0v) is 18.6. The molecule has 5 heteroatoms. The summed E-state index contributed by atoms with van der Waals surface area (Å²) in [6.07, 6.45) is 14.2. The maximum atomic E-state index is 11.6. The van der Waals surface area contributed by atoms with Crippen molar-refractivity contribution in [2.45, 2.75) is 46.1 Å². The molecule has 0 unspecified atom stereocenters. The number of unbranched alkanes of at least 4 members (excludes halogenated alkanes) is 1. The zero-order valence-electron chi connectivity index (χ0n) is 17.8. The number of ketones is 1. The normalized spacial score (nSPS) is 14.1. The predicted molar refractivity (Wildman–Crippen MR) is 126 cm³/mol. The molecule has 0 aliphatic carbocycles. The van der Waals surface area contributed by atoms with Crippen molar-refractivity contribution in [1.82, 2.24) is 9.55 Å². The molecule has 1 aromatic carbocycles. The molecule has 2 aromatic rings. The summed E-state index contributed by atoms with van der Waals surface area (Å²) < 4.78 is 2.23. The first kappa shape index (κ1) is 22.3. The lowest BCUT2D eigenvalue weighted by atomic mass is 10.1. The third-order valence-electron chi connectivity index (χ3n) is 5.16. The SMILES string of the molecule is CCCCc1ncc(/C=C(/CO)CC2=CC=CCS2)n1Cc1ccc(C(C)=O)cc1. The molecular weight excluding hydrogens is 392 g/mol. The van der Waals surface area contributed by atoms with Crippen LogP contribution in [-0.4, -0.2) is 32.8 Å². The minimum Gasteiger partial charge on any atom is -0.392 e. The molecule has 0 atom stereocenters. The number of aryl methyl sites for hydroxylation is 1. The summed E-state index contributed by atoms with van der Waals surface area (Å²) in [6.45, 7) is 4.50. The number of hydrogen-bond acceptors (Lipinski definition) is 4. The summed E-state index contributed by atoms with van der Waals surface area (Å²) in [5, 5.41) is 9.94. The number of thioether (sulfide) groups is 1. The highest BCUT2D eigenvalue weighted by molar-refractivity contribution is 8.03. The average molecular weight is 423 g/mol. The number of Topliss-reactive ketones (excluding diaryl/α,β-unsaturated/α-hetero) is 1. The first-order valence-corrected chi connectivity index (χ1v) is 11.5. The lowest BCUT2D eigenvalue weighted by Crippen LogP contribution is -2.08. The van der Waals surface area contributed by atoms with Crippen LogP contribution in [0.4, 0.5) is 0 Å². The Hall–Kier alpha value is -2.37. The molecule has 2 heterocycles. The number of benzene rings is 1. The van der Waals surface area contributed by atoms with Crippen LogP contribution in [0, 0.1) is 0 Å². The summed E-state index contributed by atoms with van der Waals surface area (Å²) in [4.78, 5) is 17.5. The number of carbonyl (C=O) groups is 1. The largest absolute Gasteiger partial charge is 0.392 e. The van der Waals surface area contributed by atoms with Gasteiger partial charge in [-0.3, -0.25) is 4.79 Å². The van der Waals surface area contributed by atoms with Crippen LogP contribution in [0.1, 0.15) is 60.5 Å². The Labute approximate surface area is 183 Å². The maximum absolute atomic E-state index is 11.6. The highest BCUT2D eigenvalue weighted by Crippen LogP contribution is 2.27. The number of carbonyl (C=O) groups excluding carboxylic acids is 1. The van der Waals surface area contributed by atoms with E-state index in [1.807, 2.05) is 42.2 Å². The fourth-order valence-electron chi connectivity index (χ4n) is 3.42. The van der Waals surface area contributed by atoms with Crippen molar-refractivity contribution in [3.8, 4) is 0 Å². The number of imidazole rings is 1. The van der Waals surface area contributed by atoms with Gasteiger partial charge in [-0.2, -0.15) is 0 Å². The molecule has 0 fully saturated rings. The Morgan fingerprint density at radius 2 is 2.10 bits per heavy atom. The van der Waals surface area contributed by atoms with Crippen LogP contribution in [0.3, 0.4) is 0 Å². The van der Waals surface area contributed by atoms with Gasteiger partial charge in [0.1, 0.15) is 5.82 Å². The fraction of sp³-hybridized carbons (Fsp3) is 0.360. The van der Waals surface area contributed by atoms with Gasteiger partial charge in [0, 0.05) is 30.7 Å². The first-order chi connectivity index (χ1) is 14.6. The topological polar surface area (TPSA) is 55.1 Å². The molecule has 0 saturated heterocycles. The number of allylic oxidation sites excluding steroid dienone is 3. The van der Waals surface area contributed by atoms with E-state index >= 15 is 0 Å². The number of nitrogens with zero attached hydrogens (tertiary/aromatic N) is 2. The molecule has 1 aromatic heterocycles. The van der Waals surface area contributed by atoms with Crippen molar-refractivity contribution in [3.63, 3.8) is 0 Å². The molecule has 4 nitrogen and oxygen atoms in total. The lowest BCUT2D eigenvalue weighted by Gasteiger charge is -2.13. The van der Waals surface area contributed by atoms with Crippen LogP contribution >= 0.6 is 11.8 Å². The minimum absolute atomic E-state index is 0.0321. The Morgan fingerprint density at radius 1 is 1.30 bits per heavy atom. The maximum Gasteiger partial charge on any atom is 0.159 e. The van der Waals surface area contributed by atoms with E-state index in [1.165, 1.54) is 4.91 Å². The van der Waals surface area contributed by atoms with E-state index in [2.05, 4.69) is 40.8 Å². The molecule has 0 radical (unpaired) electrons. The second kappa shape index (κ2) is 11.1. The van der Waals surface area contributed by atoms with Gasteiger partial charge < -0.3 is 9.67 Å². The third kappa shape index (κ3) is 6.07. The highest BCUT2D eigenvalue weighted by Gasteiger charge is 2.12. The van der Waals surface area contributed by atoms with E-state index < -0.39 is 0 Å². The summed E-state index contributed by atoms with van der Waals surface area (Å²) in [7, 11) is 0. The Kier molecular flexibility index (Phi) is 8.29. The van der Waals surface area contributed by atoms with E-state index in [-0.39, 0.29) is 12.4 Å². The van der Waals surface area contributed by atoms with Crippen LogP contribution in [0.25, 0.3) is 6.08 Å². The molecule has 3 rings (SSSR count). The molecular formula is C25H30N2O2S. The fourth-order valence-corrected chi connectivity index (χ4v) is 4.30. The second-order valence-corrected chi connectivity index (χ2v) is 8.70. The van der Waals surface area contributed by atoms with Crippen molar-refractivity contribution in [3.05, 3.63) is 81.8 Å². The van der Waals surface area contributed by atoms with Crippen molar-refractivity contribution in [2.24, 2.45) is 0 Å². The summed E-state index contributed by atoms with van der Waals surface area (Å²) in [5.74, 6) is 2.12. The van der Waals surface area contributed by atoms with Crippen LogP contribution in [0.5, 0.6) is 0 Å². The zero-order chi connectivity index (χ0) is 21.3. The monoisotopic (exact) mass is 422 g/mol. The van der Waals surface area contributed by atoms with Crippen LogP contribution in [-0.2, 0) is 13.0 Å². The molecule has 158 valence electrons.